The van der Waals surface area contributed by atoms with Crippen LogP contribution in [-0.2, 0) is 10.9 Å². The van der Waals surface area contributed by atoms with Crippen LogP contribution in [0.5, 0.6) is 0 Å². The molecule has 156 valence electrons. The number of carbonyl (C=O) groups is 1. The Bertz CT molecular complexity index is 1090. The third kappa shape index (κ3) is 3.98. The number of alkyl halides is 3. The molecule has 0 bridgehead atoms. The van der Waals surface area contributed by atoms with Gasteiger partial charge >= 0.3 is 6.18 Å². The number of ether oxygens (including phenoxy) is 1. The number of rotatable bonds is 3. The van der Waals surface area contributed by atoms with E-state index < -0.39 is 11.7 Å². The Morgan fingerprint density at radius 1 is 1.03 bits per heavy atom. The van der Waals surface area contributed by atoms with Gasteiger partial charge < -0.3 is 15.0 Å². The zero-order valence-corrected chi connectivity index (χ0v) is 16.4. The number of carbonyl (C=O) groups excluding carboxylic acids is 1. The highest BCUT2D eigenvalue weighted by Crippen LogP contribution is 2.34. The summed E-state index contributed by atoms with van der Waals surface area (Å²) < 4.78 is 44.5. The molecule has 7 heteroatoms. The average molecular weight is 414 g/mol. The van der Waals surface area contributed by atoms with Crippen molar-refractivity contribution in [3.05, 3.63) is 71.3 Å². The molecule has 3 aromatic carbocycles. The highest BCUT2D eigenvalue weighted by molar-refractivity contribution is 6.11. The minimum absolute atomic E-state index is 0.0665. The maximum atomic E-state index is 13.1. The standard InChI is InChI=1S/C23H21F3N2O2/c1-15-4-2-7-18-20(27-17-6-3-5-16(14-17)23(24,25)26)9-8-19(21(15)18)22(29)28-10-12-30-13-11-28/h2-9,14,27H,10-13H2,1H3. The molecule has 0 aromatic heterocycles. The van der Waals surface area contributed by atoms with E-state index in [2.05, 4.69) is 5.32 Å². The van der Waals surface area contributed by atoms with Crippen molar-refractivity contribution in [1.29, 1.82) is 0 Å². The van der Waals surface area contributed by atoms with Crippen LogP contribution in [0, 0.1) is 6.92 Å². The van der Waals surface area contributed by atoms with Gasteiger partial charge in [0.25, 0.3) is 5.91 Å². The Morgan fingerprint density at radius 2 is 1.77 bits per heavy atom. The number of morpholine rings is 1. The normalized spacial score (nSPS) is 14.7. The number of anilines is 2. The first-order chi connectivity index (χ1) is 14.3. The first kappa shape index (κ1) is 20.2. The number of halogens is 3. The Morgan fingerprint density at radius 3 is 2.50 bits per heavy atom. The molecule has 1 aliphatic heterocycles. The van der Waals surface area contributed by atoms with Crippen LogP contribution in [0.2, 0.25) is 0 Å². The highest BCUT2D eigenvalue weighted by Gasteiger charge is 2.30. The molecule has 1 aliphatic rings. The fraction of sp³-hybridized carbons (Fsp3) is 0.261. The Kier molecular flexibility index (Phi) is 5.39. The molecular formula is C23H21F3N2O2. The molecule has 0 spiro atoms. The number of amides is 1. The topological polar surface area (TPSA) is 41.6 Å². The summed E-state index contributed by atoms with van der Waals surface area (Å²) in [5.41, 5.74) is 1.77. The van der Waals surface area contributed by atoms with Gasteiger partial charge in [-0.3, -0.25) is 4.79 Å². The summed E-state index contributed by atoms with van der Waals surface area (Å²) >= 11 is 0. The van der Waals surface area contributed by atoms with Gasteiger partial charge in [0.15, 0.2) is 0 Å². The quantitative estimate of drug-likeness (QED) is 0.625. The molecule has 3 aromatic rings. The first-order valence-electron chi connectivity index (χ1n) is 9.68. The SMILES string of the molecule is Cc1cccc2c(Nc3cccc(C(F)(F)F)c3)ccc(C(=O)N3CCOCC3)c12. The van der Waals surface area contributed by atoms with Crippen LogP contribution < -0.4 is 5.32 Å². The summed E-state index contributed by atoms with van der Waals surface area (Å²) in [5.74, 6) is -0.0665. The number of benzene rings is 3. The predicted molar refractivity (Wildman–Crippen MR) is 110 cm³/mol. The van der Waals surface area contributed by atoms with Crippen molar-refractivity contribution in [3.63, 3.8) is 0 Å². The van der Waals surface area contributed by atoms with E-state index in [1.54, 1.807) is 23.1 Å². The number of nitrogens with zero attached hydrogens (tertiary/aromatic N) is 1. The van der Waals surface area contributed by atoms with Gasteiger partial charge in [-0.25, -0.2) is 0 Å². The maximum absolute atomic E-state index is 13.1. The van der Waals surface area contributed by atoms with E-state index in [1.807, 2.05) is 25.1 Å². The minimum atomic E-state index is -4.41. The van der Waals surface area contributed by atoms with Crippen LogP contribution in [0.25, 0.3) is 10.8 Å². The van der Waals surface area contributed by atoms with Gasteiger partial charge in [0, 0.05) is 35.4 Å². The van der Waals surface area contributed by atoms with E-state index in [0.29, 0.717) is 43.2 Å². The summed E-state index contributed by atoms with van der Waals surface area (Å²) in [6.45, 7) is 4.02. The van der Waals surface area contributed by atoms with Crippen LogP contribution in [0.1, 0.15) is 21.5 Å². The third-order valence-corrected chi connectivity index (χ3v) is 5.25. The Hall–Kier alpha value is -3.06. The fourth-order valence-corrected chi connectivity index (χ4v) is 3.74. The van der Waals surface area contributed by atoms with Crippen molar-refractivity contribution in [2.45, 2.75) is 13.1 Å². The Balaban J connectivity index is 1.74. The molecule has 0 atom stereocenters. The zero-order chi connectivity index (χ0) is 21.3. The smallest absolute Gasteiger partial charge is 0.378 e. The highest BCUT2D eigenvalue weighted by atomic mass is 19.4. The molecule has 0 saturated carbocycles. The molecule has 4 nitrogen and oxygen atoms in total. The lowest BCUT2D eigenvalue weighted by Gasteiger charge is -2.27. The summed E-state index contributed by atoms with van der Waals surface area (Å²) in [6, 6.07) is 14.2. The summed E-state index contributed by atoms with van der Waals surface area (Å²) in [7, 11) is 0. The molecule has 1 N–H and O–H groups in total. The van der Waals surface area contributed by atoms with E-state index in [9.17, 15) is 18.0 Å². The molecule has 1 fully saturated rings. The van der Waals surface area contributed by atoms with Crippen molar-refractivity contribution < 1.29 is 22.7 Å². The van der Waals surface area contributed by atoms with Crippen LogP contribution >= 0.6 is 0 Å². The number of fused-ring (bicyclic) bond motifs is 1. The lowest BCUT2D eigenvalue weighted by Crippen LogP contribution is -2.40. The lowest BCUT2D eigenvalue weighted by atomic mass is 9.97. The number of hydrogen-bond donors (Lipinski definition) is 1. The second-order valence-corrected chi connectivity index (χ2v) is 7.27. The van der Waals surface area contributed by atoms with E-state index in [1.165, 1.54) is 6.07 Å². The van der Waals surface area contributed by atoms with Crippen molar-refractivity contribution in [2.75, 3.05) is 31.6 Å². The van der Waals surface area contributed by atoms with Gasteiger partial charge in [-0.05, 0) is 48.2 Å². The monoisotopic (exact) mass is 414 g/mol. The second kappa shape index (κ2) is 7.99. The van der Waals surface area contributed by atoms with E-state index >= 15 is 0 Å². The Labute approximate surface area is 172 Å². The molecule has 1 saturated heterocycles. The van der Waals surface area contributed by atoms with Crippen molar-refractivity contribution in [2.24, 2.45) is 0 Å². The third-order valence-electron chi connectivity index (χ3n) is 5.25. The summed E-state index contributed by atoms with van der Waals surface area (Å²) in [6.07, 6.45) is -4.41. The summed E-state index contributed by atoms with van der Waals surface area (Å²) in [5, 5.41) is 4.67. The van der Waals surface area contributed by atoms with Crippen LogP contribution in [0.15, 0.2) is 54.6 Å². The van der Waals surface area contributed by atoms with E-state index in [-0.39, 0.29) is 5.91 Å². The number of aryl methyl sites for hydroxylation is 1. The van der Waals surface area contributed by atoms with E-state index in [0.717, 1.165) is 28.5 Å². The van der Waals surface area contributed by atoms with Crippen molar-refractivity contribution in [1.82, 2.24) is 4.90 Å². The molecule has 30 heavy (non-hydrogen) atoms. The molecule has 0 unspecified atom stereocenters. The summed E-state index contributed by atoms with van der Waals surface area (Å²) in [4.78, 5) is 14.9. The molecule has 4 rings (SSSR count). The van der Waals surface area contributed by atoms with Gasteiger partial charge in [0.05, 0.1) is 18.8 Å². The van der Waals surface area contributed by atoms with Gasteiger partial charge in [-0.2, -0.15) is 13.2 Å². The van der Waals surface area contributed by atoms with Crippen molar-refractivity contribution in [3.8, 4) is 0 Å². The molecule has 0 aliphatic carbocycles. The number of hydrogen-bond acceptors (Lipinski definition) is 3. The average Bonchev–Trinajstić information content (AvgIpc) is 2.74. The maximum Gasteiger partial charge on any atom is 0.416 e. The van der Waals surface area contributed by atoms with Crippen LogP contribution in [0.3, 0.4) is 0 Å². The van der Waals surface area contributed by atoms with Gasteiger partial charge in [0.2, 0.25) is 0 Å². The molecule has 1 amide bonds. The largest absolute Gasteiger partial charge is 0.416 e. The van der Waals surface area contributed by atoms with Crippen LogP contribution in [-0.4, -0.2) is 37.1 Å². The lowest BCUT2D eigenvalue weighted by molar-refractivity contribution is -0.137. The minimum Gasteiger partial charge on any atom is -0.378 e. The van der Waals surface area contributed by atoms with Crippen LogP contribution in [0.4, 0.5) is 24.5 Å². The molecular weight excluding hydrogens is 393 g/mol. The van der Waals surface area contributed by atoms with E-state index in [4.69, 9.17) is 4.74 Å². The number of nitrogens with one attached hydrogen (secondary N) is 1. The zero-order valence-electron chi connectivity index (χ0n) is 16.4. The predicted octanol–water partition coefficient (Wildman–Crippen LogP) is 5.38. The fourth-order valence-electron chi connectivity index (χ4n) is 3.74. The van der Waals surface area contributed by atoms with Crippen molar-refractivity contribution >= 4 is 28.1 Å². The van der Waals surface area contributed by atoms with Gasteiger partial charge in [-0.15, -0.1) is 0 Å². The first-order valence-corrected chi connectivity index (χ1v) is 9.68. The second-order valence-electron chi connectivity index (χ2n) is 7.27. The molecule has 1 heterocycles. The molecule has 0 radical (unpaired) electrons. The van der Waals surface area contributed by atoms with Gasteiger partial charge in [-0.1, -0.05) is 24.3 Å². The van der Waals surface area contributed by atoms with Gasteiger partial charge in [0.1, 0.15) is 0 Å².